The smallest absolute Gasteiger partial charge is 0.335 e. The van der Waals surface area contributed by atoms with Crippen LogP contribution in [0.5, 0.6) is 0 Å². The van der Waals surface area contributed by atoms with Crippen molar-refractivity contribution >= 4 is 5.97 Å². The zero-order valence-corrected chi connectivity index (χ0v) is 8.30. The lowest BCUT2D eigenvalue weighted by Gasteiger charge is -2.09. The van der Waals surface area contributed by atoms with Crippen molar-refractivity contribution in [2.75, 3.05) is 6.61 Å². The van der Waals surface area contributed by atoms with Crippen molar-refractivity contribution in [3.05, 3.63) is 35.9 Å². The molecule has 0 saturated carbocycles. The van der Waals surface area contributed by atoms with Gasteiger partial charge in [-0.1, -0.05) is 30.3 Å². The number of carbonyl (C=O) groups is 1. The van der Waals surface area contributed by atoms with Crippen LogP contribution in [0.15, 0.2) is 30.3 Å². The van der Waals surface area contributed by atoms with Gasteiger partial charge in [0.15, 0.2) is 6.10 Å². The van der Waals surface area contributed by atoms with Crippen LogP contribution >= 0.6 is 0 Å². The SMILES string of the molecule is O=C(OCc1ccccc1)[C@H](O)CCO. The van der Waals surface area contributed by atoms with Crippen molar-refractivity contribution in [3.63, 3.8) is 0 Å². The molecule has 0 amide bonds. The Morgan fingerprint density at radius 3 is 2.60 bits per heavy atom. The molecule has 0 aliphatic carbocycles. The van der Waals surface area contributed by atoms with Crippen LogP contribution in [-0.2, 0) is 16.1 Å². The second-order valence-electron chi connectivity index (χ2n) is 3.12. The van der Waals surface area contributed by atoms with Crippen LogP contribution in [0.1, 0.15) is 12.0 Å². The largest absolute Gasteiger partial charge is 0.459 e. The molecule has 0 unspecified atom stereocenters. The van der Waals surface area contributed by atoms with Gasteiger partial charge >= 0.3 is 5.97 Å². The molecule has 1 atom stereocenters. The molecule has 82 valence electrons. The number of aliphatic hydroxyl groups excluding tert-OH is 2. The predicted octanol–water partition coefficient (Wildman–Crippen LogP) is 0.473. The van der Waals surface area contributed by atoms with Crippen LogP contribution < -0.4 is 0 Å². The van der Waals surface area contributed by atoms with Crippen LogP contribution in [0.4, 0.5) is 0 Å². The number of carbonyl (C=O) groups excluding carboxylic acids is 1. The third kappa shape index (κ3) is 4.10. The van der Waals surface area contributed by atoms with Gasteiger partial charge in [-0.25, -0.2) is 4.79 Å². The molecule has 0 aromatic heterocycles. The quantitative estimate of drug-likeness (QED) is 0.693. The first-order valence-electron chi connectivity index (χ1n) is 4.73. The van der Waals surface area contributed by atoms with E-state index in [2.05, 4.69) is 0 Å². The van der Waals surface area contributed by atoms with Crippen LogP contribution in [0.25, 0.3) is 0 Å². The minimum atomic E-state index is -1.24. The summed E-state index contributed by atoms with van der Waals surface area (Å²) in [7, 11) is 0. The highest BCUT2D eigenvalue weighted by molar-refractivity contribution is 5.74. The topological polar surface area (TPSA) is 66.8 Å². The molecular formula is C11H14O4. The summed E-state index contributed by atoms with van der Waals surface area (Å²) in [5.41, 5.74) is 0.863. The molecule has 1 rings (SSSR count). The summed E-state index contributed by atoms with van der Waals surface area (Å²) >= 11 is 0. The van der Waals surface area contributed by atoms with E-state index in [1.165, 1.54) is 0 Å². The second-order valence-corrected chi connectivity index (χ2v) is 3.12. The molecule has 0 aliphatic heterocycles. The molecule has 0 heterocycles. The van der Waals surface area contributed by atoms with Crippen molar-refractivity contribution in [3.8, 4) is 0 Å². The van der Waals surface area contributed by atoms with E-state index in [0.717, 1.165) is 5.56 Å². The predicted molar refractivity (Wildman–Crippen MR) is 53.9 cm³/mol. The van der Waals surface area contributed by atoms with E-state index in [0.29, 0.717) is 0 Å². The summed E-state index contributed by atoms with van der Waals surface area (Å²) < 4.78 is 4.84. The highest BCUT2D eigenvalue weighted by atomic mass is 16.5. The molecule has 0 bridgehead atoms. The number of ether oxygens (including phenoxy) is 1. The number of benzene rings is 1. The minimum Gasteiger partial charge on any atom is -0.459 e. The highest BCUT2D eigenvalue weighted by Crippen LogP contribution is 2.02. The van der Waals surface area contributed by atoms with E-state index in [9.17, 15) is 4.79 Å². The van der Waals surface area contributed by atoms with E-state index in [1.807, 2.05) is 30.3 Å². The van der Waals surface area contributed by atoms with E-state index >= 15 is 0 Å². The van der Waals surface area contributed by atoms with E-state index < -0.39 is 12.1 Å². The first kappa shape index (κ1) is 11.7. The Hall–Kier alpha value is -1.39. The molecule has 4 heteroatoms. The maximum absolute atomic E-state index is 11.1. The Morgan fingerprint density at radius 1 is 1.33 bits per heavy atom. The van der Waals surface area contributed by atoms with Crippen molar-refractivity contribution in [1.29, 1.82) is 0 Å². The Labute approximate surface area is 88.1 Å². The average molecular weight is 210 g/mol. The van der Waals surface area contributed by atoms with Crippen molar-refractivity contribution in [2.24, 2.45) is 0 Å². The summed E-state index contributed by atoms with van der Waals surface area (Å²) in [6, 6.07) is 9.20. The third-order valence-corrected chi connectivity index (χ3v) is 1.90. The van der Waals surface area contributed by atoms with Gasteiger partial charge in [0.25, 0.3) is 0 Å². The maximum atomic E-state index is 11.1. The lowest BCUT2D eigenvalue weighted by molar-refractivity contribution is -0.155. The van der Waals surface area contributed by atoms with Gasteiger partial charge in [0, 0.05) is 13.0 Å². The van der Waals surface area contributed by atoms with Gasteiger partial charge in [-0.3, -0.25) is 0 Å². The van der Waals surface area contributed by atoms with E-state index in [-0.39, 0.29) is 19.6 Å². The zero-order chi connectivity index (χ0) is 11.1. The third-order valence-electron chi connectivity index (χ3n) is 1.90. The van der Waals surface area contributed by atoms with Crippen molar-refractivity contribution < 1.29 is 19.7 Å². The van der Waals surface area contributed by atoms with Gasteiger partial charge in [0.2, 0.25) is 0 Å². The lowest BCUT2D eigenvalue weighted by Crippen LogP contribution is -2.23. The van der Waals surface area contributed by atoms with Crippen LogP contribution in [0.3, 0.4) is 0 Å². The fourth-order valence-electron chi connectivity index (χ4n) is 1.07. The van der Waals surface area contributed by atoms with Gasteiger partial charge in [0.1, 0.15) is 6.61 Å². The second kappa shape index (κ2) is 6.16. The summed E-state index contributed by atoms with van der Waals surface area (Å²) in [6.45, 7) is -0.0935. The Morgan fingerprint density at radius 2 is 2.00 bits per heavy atom. The van der Waals surface area contributed by atoms with Gasteiger partial charge in [-0.15, -0.1) is 0 Å². The molecule has 1 aromatic rings. The zero-order valence-electron chi connectivity index (χ0n) is 8.30. The number of aliphatic hydroxyl groups is 2. The summed E-state index contributed by atoms with van der Waals surface area (Å²) in [6.07, 6.45) is -1.23. The molecular weight excluding hydrogens is 196 g/mol. The molecule has 4 nitrogen and oxygen atoms in total. The first-order chi connectivity index (χ1) is 7.24. The average Bonchev–Trinajstić information content (AvgIpc) is 2.27. The molecule has 0 spiro atoms. The summed E-state index contributed by atoms with van der Waals surface area (Å²) in [5, 5.41) is 17.7. The Bertz CT molecular complexity index is 297. The molecule has 2 N–H and O–H groups in total. The van der Waals surface area contributed by atoms with Gasteiger partial charge in [-0.05, 0) is 5.56 Å². The summed E-state index contributed by atoms with van der Waals surface area (Å²) in [4.78, 5) is 11.1. The van der Waals surface area contributed by atoms with Crippen LogP contribution in [0.2, 0.25) is 0 Å². The fraction of sp³-hybridized carbons (Fsp3) is 0.364. The van der Waals surface area contributed by atoms with Crippen LogP contribution in [-0.4, -0.2) is 28.9 Å². The van der Waals surface area contributed by atoms with E-state index in [1.54, 1.807) is 0 Å². The number of hydrogen-bond acceptors (Lipinski definition) is 4. The molecule has 0 saturated heterocycles. The number of esters is 1. The summed E-state index contributed by atoms with van der Waals surface area (Å²) in [5.74, 6) is -0.701. The van der Waals surface area contributed by atoms with Crippen molar-refractivity contribution in [2.45, 2.75) is 19.1 Å². The molecule has 15 heavy (non-hydrogen) atoms. The van der Waals surface area contributed by atoms with Crippen LogP contribution in [0, 0.1) is 0 Å². The minimum absolute atomic E-state index is 0.00756. The lowest BCUT2D eigenvalue weighted by atomic mass is 10.2. The van der Waals surface area contributed by atoms with Gasteiger partial charge in [0.05, 0.1) is 0 Å². The number of rotatable bonds is 5. The molecule has 0 fully saturated rings. The number of hydrogen-bond donors (Lipinski definition) is 2. The molecule has 0 aliphatic rings. The monoisotopic (exact) mass is 210 g/mol. The fourth-order valence-corrected chi connectivity index (χ4v) is 1.07. The Balaban J connectivity index is 2.34. The first-order valence-corrected chi connectivity index (χ1v) is 4.73. The Kier molecular flexibility index (Phi) is 4.80. The van der Waals surface area contributed by atoms with E-state index in [4.69, 9.17) is 14.9 Å². The molecule has 1 aromatic carbocycles. The van der Waals surface area contributed by atoms with Crippen molar-refractivity contribution in [1.82, 2.24) is 0 Å². The normalized spacial score (nSPS) is 12.1. The highest BCUT2D eigenvalue weighted by Gasteiger charge is 2.15. The standard InChI is InChI=1S/C11H14O4/c12-7-6-10(13)11(14)15-8-9-4-2-1-3-5-9/h1-5,10,12-13H,6-8H2/t10-/m1/s1. The maximum Gasteiger partial charge on any atom is 0.335 e. The molecule has 0 radical (unpaired) electrons. The van der Waals surface area contributed by atoms with Gasteiger partial charge in [-0.2, -0.15) is 0 Å². The van der Waals surface area contributed by atoms with Gasteiger partial charge < -0.3 is 14.9 Å².